The van der Waals surface area contributed by atoms with Crippen LogP contribution >= 0.6 is 0 Å². The molecule has 0 fully saturated rings. The normalized spacial score (nSPS) is 14.4. The fourth-order valence-corrected chi connectivity index (χ4v) is 2.58. The smallest absolute Gasteiger partial charge is 0.262 e. The minimum atomic E-state index is -3.53. The second-order valence-corrected chi connectivity index (χ2v) is 5.79. The molecular weight excluding hydrogens is 228 g/mol. The molecule has 6 nitrogen and oxygen atoms in total. The van der Waals surface area contributed by atoms with Crippen LogP contribution in [0.4, 0.5) is 0 Å². The molecule has 0 amide bonds. The van der Waals surface area contributed by atoms with Gasteiger partial charge in [-0.1, -0.05) is 0 Å². The maximum Gasteiger partial charge on any atom is 0.262 e. The summed E-state index contributed by atoms with van der Waals surface area (Å²) in [4.78, 5) is 4.01. The van der Waals surface area contributed by atoms with Crippen molar-refractivity contribution in [3.8, 4) is 0 Å². The van der Waals surface area contributed by atoms with Gasteiger partial charge in [-0.2, -0.15) is 4.31 Å². The highest BCUT2D eigenvalue weighted by Gasteiger charge is 2.27. The van der Waals surface area contributed by atoms with Gasteiger partial charge in [-0.05, 0) is 13.8 Å². The molecule has 1 atom stereocenters. The fraction of sp³-hybridized carbons (Fsp3) is 0.667. The number of rotatable bonds is 4. The maximum absolute atomic E-state index is 12.1. The lowest BCUT2D eigenvalue weighted by molar-refractivity contribution is 0.393. The maximum atomic E-state index is 12.1. The van der Waals surface area contributed by atoms with Gasteiger partial charge in [-0.3, -0.25) is 0 Å². The van der Waals surface area contributed by atoms with Gasteiger partial charge in [-0.25, -0.2) is 13.4 Å². The monoisotopic (exact) mass is 246 g/mol. The molecular formula is C9H18N4O2S. The molecule has 16 heavy (non-hydrogen) atoms. The first-order valence-electron chi connectivity index (χ1n) is 4.98. The van der Waals surface area contributed by atoms with Crippen molar-refractivity contribution in [2.24, 2.45) is 12.8 Å². The summed E-state index contributed by atoms with van der Waals surface area (Å²) in [7, 11) is -0.262. The zero-order valence-electron chi connectivity index (χ0n) is 10.0. The number of aryl methyl sites for hydroxylation is 2. The van der Waals surface area contributed by atoms with E-state index in [1.165, 1.54) is 17.5 Å². The summed E-state index contributed by atoms with van der Waals surface area (Å²) in [5.41, 5.74) is 5.45. The molecule has 0 aliphatic carbocycles. The van der Waals surface area contributed by atoms with Gasteiger partial charge in [0.05, 0.1) is 0 Å². The molecule has 1 rings (SSSR count). The highest BCUT2D eigenvalue weighted by molar-refractivity contribution is 7.89. The number of nitrogens with zero attached hydrogens (tertiary/aromatic N) is 3. The van der Waals surface area contributed by atoms with Crippen molar-refractivity contribution in [1.29, 1.82) is 0 Å². The van der Waals surface area contributed by atoms with E-state index >= 15 is 0 Å². The summed E-state index contributed by atoms with van der Waals surface area (Å²) < 4.78 is 27.1. The summed E-state index contributed by atoms with van der Waals surface area (Å²) in [6, 6.07) is -0.243. The Labute approximate surface area is 96.1 Å². The Morgan fingerprint density at radius 3 is 2.56 bits per heavy atom. The second kappa shape index (κ2) is 4.52. The summed E-state index contributed by atoms with van der Waals surface area (Å²) in [5.74, 6) is 0.660. The number of sulfonamides is 1. The van der Waals surface area contributed by atoms with Crippen LogP contribution in [0.2, 0.25) is 0 Å². The van der Waals surface area contributed by atoms with Crippen molar-refractivity contribution in [3.05, 3.63) is 12.0 Å². The van der Waals surface area contributed by atoms with E-state index in [0.717, 1.165) is 0 Å². The van der Waals surface area contributed by atoms with Gasteiger partial charge in [0.1, 0.15) is 5.82 Å². The Hall–Kier alpha value is -0.920. The number of hydrogen-bond acceptors (Lipinski definition) is 4. The minimum absolute atomic E-state index is 0.0651. The molecule has 1 heterocycles. The Kier molecular flexibility index (Phi) is 3.72. The molecule has 1 aromatic rings. The molecule has 2 N–H and O–H groups in total. The summed E-state index contributed by atoms with van der Waals surface area (Å²) in [6.45, 7) is 3.79. The summed E-state index contributed by atoms with van der Waals surface area (Å²) in [6.07, 6.45) is 1.50. The van der Waals surface area contributed by atoms with E-state index in [4.69, 9.17) is 5.73 Å². The lowest BCUT2D eigenvalue weighted by atomic mass is 10.4. The Morgan fingerprint density at radius 2 is 2.19 bits per heavy atom. The van der Waals surface area contributed by atoms with Crippen molar-refractivity contribution in [2.75, 3.05) is 13.6 Å². The molecule has 7 heteroatoms. The van der Waals surface area contributed by atoms with Crippen LogP contribution in [0.3, 0.4) is 0 Å². The molecule has 0 radical (unpaired) electrons. The van der Waals surface area contributed by atoms with Crippen LogP contribution in [0.1, 0.15) is 12.7 Å². The third kappa shape index (κ3) is 2.26. The molecule has 0 aromatic carbocycles. The largest absolute Gasteiger partial charge is 0.337 e. The third-order valence-corrected chi connectivity index (χ3v) is 4.54. The number of likely N-dealkylation sites (N-methyl/N-ethyl adjacent to an activating group) is 1. The zero-order valence-corrected chi connectivity index (χ0v) is 10.8. The topological polar surface area (TPSA) is 81.2 Å². The quantitative estimate of drug-likeness (QED) is 0.790. The van der Waals surface area contributed by atoms with Gasteiger partial charge in [0.2, 0.25) is 0 Å². The van der Waals surface area contributed by atoms with Crippen LogP contribution in [-0.2, 0) is 17.1 Å². The van der Waals surface area contributed by atoms with Crippen LogP contribution in [0, 0.1) is 6.92 Å². The average Bonchev–Trinajstić information content (AvgIpc) is 2.57. The molecule has 0 aliphatic rings. The fourth-order valence-electron chi connectivity index (χ4n) is 1.18. The van der Waals surface area contributed by atoms with Crippen molar-refractivity contribution in [1.82, 2.24) is 13.9 Å². The molecule has 0 spiro atoms. The number of nitrogens with two attached hydrogens (primary N) is 1. The molecule has 0 saturated carbocycles. The lowest BCUT2D eigenvalue weighted by Gasteiger charge is -2.21. The summed E-state index contributed by atoms with van der Waals surface area (Å²) in [5, 5.41) is 0.0651. The van der Waals surface area contributed by atoms with Gasteiger partial charge in [0, 0.05) is 32.9 Å². The van der Waals surface area contributed by atoms with Crippen molar-refractivity contribution in [2.45, 2.75) is 24.9 Å². The van der Waals surface area contributed by atoms with Gasteiger partial charge in [0.25, 0.3) is 10.0 Å². The van der Waals surface area contributed by atoms with Gasteiger partial charge in [-0.15, -0.1) is 0 Å². The van der Waals surface area contributed by atoms with Gasteiger partial charge >= 0.3 is 0 Å². The van der Waals surface area contributed by atoms with Gasteiger partial charge < -0.3 is 10.3 Å². The van der Waals surface area contributed by atoms with Crippen LogP contribution in [-0.4, -0.2) is 41.9 Å². The van der Waals surface area contributed by atoms with E-state index in [-0.39, 0.29) is 17.6 Å². The molecule has 92 valence electrons. The van der Waals surface area contributed by atoms with E-state index in [1.807, 2.05) is 0 Å². The van der Waals surface area contributed by atoms with E-state index in [2.05, 4.69) is 4.98 Å². The predicted molar refractivity (Wildman–Crippen MR) is 61.4 cm³/mol. The van der Waals surface area contributed by atoms with E-state index in [1.54, 1.807) is 25.5 Å². The zero-order chi connectivity index (χ0) is 12.5. The van der Waals surface area contributed by atoms with Crippen molar-refractivity contribution >= 4 is 10.0 Å². The second-order valence-electron chi connectivity index (χ2n) is 3.84. The predicted octanol–water partition coefficient (Wildman–Crippen LogP) is -0.304. The van der Waals surface area contributed by atoms with Crippen LogP contribution in [0.15, 0.2) is 11.2 Å². The lowest BCUT2D eigenvalue weighted by Crippen LogP contribution is -2.39. The Balaban J connectivity index is 3.11. The highest BCUT2D eigenvalue weighted by atomic mass is 32.2. The summed E-state index contributed by atoms with van der Waals surface area (Å²) >= 11 is 0. The SMILES string of the molecule is Cc1nc(S(=O)(=O)N(C)C(C)CN)cn1C. The first-order chi connectivity index (χ1) is 7.30. The third-order valence-electron chi connectivity index (χ3n) is 2.69. The molecule has 1 aromatic heterocycles. The molecule has 0 saturated heterocycles. The minimum Gasteiger partial charge on any atom is -0.337 e. The van der Waals surface area contributed by atoms with E-state index < -0.39 is 10.0 Å². The van der Waals surface area contributed by atoms with Crippen LogP contribution < -0.4 is 5.73 Å². The van der Waals surface area contributed by atoms with Crippen LogP contribution in [0.25, 0.3) is 0 Å². The Morgan fingerprint density at radius 1 is 1.62 bits per heavy atom. The molecule has 0 bridgehead atoms. The van der Waals surface area contributed by atoms with E-state index in [0.29, 0.717) is 5.82 Å². The number of aromatic nitrogens is 2. The average molecular weight is 246 g/mol. The van der Waals surface area contributed by atoms with Crippen LogP contribution in [0.5, 0.6) is 0 Å². The number of hydrogen-bond donors (Lipinski definition) is 1. The standard InChI is InChI=1S/C9H18N4O2S/c1-7(5-10)13(4)16(14,15)9-6-12(3)8(2)11-9/h6-7H,5,10H2,1-4H3. The van der Waals surface area contributed by atoms with Crippen molar-refractivity contribution in [3.63, 3.8) is 0 Å². The van der Waals surface area contributed by atoms with Crippen molar-refractivity contribution < 1.29 is 8.42 Å². The highest BCUT2D eigenvalue weighted by Crippen LogP contribution is 2.14. The Bertz CT molecular complexity index is 446. The first-order valence-corrected chi connectivity index (χ1v) is 6.42. The molecule has 1 unspecified atom stereocenters. The molecule has 0 aliphatic heterocycles. The first kappa shape index (κ1) is 13.1. The van der Waals surface area contributed by atoms with E-state index in [9.17, 15) is 8.42 Å². The van der Waals surface area contributed by atoms with Gasteiger partial charge in [0.15, 0.2) is 5.03 Å². The number of imidazole rings is 1.